The minimum Gasteiger partial charge on any atom is -0.480 e. The molecule has 0 aliphatic carbocycles. The first-order chi connectivity index (χ1) is 10.6. The highest BCUT2D eigenvalue weighted by Crippen LogP contribution is 2.11. The van der Waals surface area contributed by atoms with Crippen LogP contribution in [0.15, 0.2) is 0 Å². The minimum atomic E-state index is -1.20. The Labute approximate surface area is 138 Å². The fourth-order valence-corrected chi connectivity index (χ4v) is 2.25. The Balaban J connectivity index is 4.54. The number of rotatable bonds is 11. The molecule has 2 atom stereocenters. The number of hydrogen-bond acceptors (Lipinski definition) is 6. The molecule has 6 N–H and O–H groups in total. The number of aliphatic carboxylic acids is 2. The number of amides is 2. The molecule has 0 saturated carbocycles. The summed E-state index contributed by atoms with van der Waals surface area (Å²) >= 11 is 1.43. The summed E-state index contributed by atoms with van der Waals surface area (Å²) < 4.78 is 0. The molecule has 2 amide bonds. The zero-order valence-electron chi connectivity index (χ0n) is 13.1. The van der Waals surface area contributed by atoms with Crippen LogP contribution >= 0.6 is 11.8 Å². The van der Waals surface area contributed by atoms with E-state index in [1.807, 2.05) is 13.8 Å². The van der Waals surface area contributed by atoms with Crippen LogP contribution < -0.4 is 16.4 Å². The molecule has 0 radical (unpaired) electrons. The number of thioether (sulfide) groups is 1. The number of hydrogen-bond donors (Lipinski definition) is 5. The molecule has 0 rings (SSSR count). The third-order valence-electron chi connectivity index (χ3n) is 2.66. The molecule has 0 saturated heterocycles. The molecule has 0 fully saturated rings. The van der Waals surface area contributed by atoms with E-state index in [-0.39, 0.29) is 23.8 Å². The average Bonchev–Trinajstić information content (AvgIpc) is 2.45. The Hall–Kier alpha value is -1.81. The van der Waals surface area contributed by atoms with Gasteiger partial charge in [-0.05, 0) is 11.7 Å². The summed E-state index contributed by atoms with van der Waals surface area (Å²) in [6.45, 7) is 3.30. The summed E-state index contributed by atoms with van der Waals surface area (Å²) in [5.41, 5.74) is 5.31. The number of carboxylic acids is 2. The maximum absolute atomic E-state index is 11.9. The van der Waals surface area contributed by atoms with E-state index in [2.05, 4.69) is 10.6 Å². The lowest BCUT2D eigenvalue weighted by Crippen LogP contribution is -2.49. The van der Waals surface area contributed by atoms with Gasteiger partial charge in [0.15, 0.2) is 0 Å². The van der Waals surface area contributed by atoms with Crippen LogP contribution in [0.1, 0.15) is 26.7 Å². The van der Waals surface area contributed by atoms with Crippen molar-refractivity contribution in [2.24, 2.45) is 5.73 Å². The second-order valence-corrected chi connectivity index (χ2v) is 6.71. The second-order valence-electron chi connectivity index (χ2n) is 5.10. The normalized spacial score (nSPS) is 13.2. The van der Waals surface area contributed by atoms with Crippen LogP contribution in [0.5, 0.6) is 0 Å². The summed E-state index contributed by atoms with van der Waals surface area (Å²) in [5, 5.41) is 22.1. The Morgan fingerprint density at radius 1 is 1.17 bits per heavy atom. The lowest BCUT2D eigenvalue weighted by molar-refractivity contribution is -0.139. The van der Waals surface area contributed by atoms with Crippen molar-refractivity contribution >= 4 is 35.5 Å². The summed E-state index contributed by atoms with van der Waals surface area (Å²) in [7, 11) is 0. The SMILES string of the molecule is CC(C)SC[C@H](NC(=O)CC[C@H](N)C(=O)O)C(=O)NCC(=O)O. The first-order valence-electron chi connectivity index (χ1n) is 7.02. The first-order valence-corrected chi connectivity index (χ1v) is 8.07. The number of nitrogens with one attached hydrogen (secondary N) is 2. The summed E-state index contributed by atoms with van der Waals surface area (Å²) in [6.07, 6.45) is -0.190. The summed E-state index contributed by atoms with van der Waals surface area (Å²) in [5.74, 6) is -3.23. The molecule has 10 heteroatoms. The molecule has 0 spiro atoms. The zero-order valence-corrected chi connectivity index (χ0v) is 13.9. The summed E-state index contributed by atoms with van der Waals surface area (Å²) in [6, 6.07) is -2.04. The monoisotopic (exact) mass is 349 g/mol. The van der Waals surface area contributed by atoms with E-state index in [1.54, 1.807) is 0 Å². The average molecular weight is 349 g/mol. The predicted octanol–water partition coefficient (Wildman–Crippen LogP) is -0.994. The Kier molecular flexibility index (Phi) is 9.99. The molecule has 0 bridgehead atoms. The van der Waals surface area contributed by atoms with E-state index < -0.39 is 42.4 Å². The summed E-state index contributed by atoms with van der Waals surface area (Å²) in [4.78, 5) is 44.8. The molecular weight excluding hydrogens is 326 g/mol. The van der Waals surface area contributed by atoms with Crippen LogP contribution in [0, 0.1) is 0 Å². The smallest absolute Gasteiger partial charge is 0.322 e. The van der Waals surface area contributed by atoms with Crippen LogP contribution in [0.2, 0.25) is 0 Å². The highest BCUT2D eigenvalue weighted by Gasteiger charge is 2.22. The van der Waals surface area contributed by atoms with Gasteiger partial charge in [-0.2, -0.15) is 11.8 Å². The van der Waals surface area contributed by atoms with Gasteiger partial charge in [0.25, 0.3) is 0 Å². The minimum absolute atomic E-state index is 0.0536. The van der Waals surface area contributed by atoms with Crippen molar-refractivity contribution in [2.75, 3.05) is 12.3 Å². The van der Waals surface area contributed by atoms with Crippen molar-refractivity contribution in [2.45, 2.75) is 44.0 Å². The van der Waals surface area contributed by atoms with Crippen LogP contribution in [0.4, 0.5) is 0 Å². The topological polar surface area (TPSA) is 159 Å². The van der Waals surface area contributed by atoms with E-state index in [1.165, 1.54) is 11.8 Å². The third-order valence-corrected chi connectivity index (χ3v) is 3.85. The molecule has 0 aliphatic rings. The van der Waals surface area contributed by atoms with Crippen molar-refractivity contribution in [1.82, 2.24) is 10.6 Å². The number of carbonyl (C=O) groups excluding carboxylic acids is 2. The van der Waals surface area contributed by atoms with Crippen molar-refractivity contribution in [3.63, 3.8) is 0 Å². The van der Waals surface area contributed by atoms with Crippen LogP contribution in [-0.4, -0.2) is 63.6 Å². The molecule has 132 valence electrons. The van der Waals surface area contributed by atoms with Gasteiger partial charge in [-0.25, -0.2) is 0 Å². The molecule has 0 unspecified atom stereocenters. The van der Waals surface area contributed by atoms with Gasteiger partial charge < -0.3 is 26.6 Å². The molecule has 0 aromatic carbocycles. The Morgan fingerprint density at radius 2 is 1.78 bits per heavy atom. The molecule has 9 nitrogen and oxygen atoms in total. The second kappa shape index (κ2) is 10.8. The van der Waals surface area contributed by atoms with Gasteiger partial charge in [-0.1, -0.05) is 13.8 Å². The van der Waals surface area contributed by atoms with Crippen molar-refractivity contribution in [3.8, 4) is 0 Å². The van der Waals surface area contributed by atoms with E-state index in [4.69, 9.17) is 15.9 Å². The zero-order chi connectivity index (χ0) is 18.0. The highest BCUT2D eigenvalue weighted by molar-refractivity contribution is 7.99. The molecule has 0 heterocycles. The fraction of sp³-hybridized carbons (Fsp3) is 0.692. The van der Waals surface area contributed by atoms with Gasteiger partial charge in [0, 0.05) is 12.2 Å². The molecular formula is C13H23N3O6S. The van der Waals surface area contributed by atoms with Gasteiger partial charge >= 0.3 is 11.9 Å². The van der Waals surface area contributed by atoms with Crippen molar-refractivity contribution < 1.29 is 29.4 Å². The van der Waals surface area contributed by atoms with E-state index >= 15 is 0 Å². The first kappa shape index (κ1) is 21.2. The third kappa shape index (κ3) is 10.5. The number of carbonyl (C=O) groups is 4. The van der Waals surface area contributed by atoms with E-state index in [0.717, 1.165) is 0 Å². The maximum atomic E-state index is 11.9. The Morgan fingerprint density at radius 3 is 2.26 bits per heavy atom. The van der Waals surface area contributed by atoms with Crippen LogP contribution in [0.25, 0.3) is 0 Å². The van der Waals surface area contributed by atoms with Gasteiger partial charge in [-0.15, -0.1) is 0 Å². The standard InChI is InChI=1S/C13H23N3O6S/c1-7(2)23-6-9(12(20)15-5-11(18)19)16-10(17)4-3-8(14)13(21)22/h7-9H,3-6,14H2,1-2H3,(H,15,20)(H,16,17)(H,18,19)(H,21,22)/t8-,9-/m0/s1. The molecule has 0 aromatic heterocycles. The van der Waals surface area contributed by atoms with Gasteiger partial charge in [0.05, 0.1) is 0 Å². The number of carboxylic acid groups (broad SMARTS) is 2. The van der Waals surface area contributed by atoms with Crippen LogP contribution in [-0.2, 0) is 19.2 Å². The largest absolute Gasteiger partial charge is 0.480 e. The van der Waals surface area contributed by atoms with Gasteiger partial charge in [0.2, 0.25) is 11.8 Å². The van der Waals surface area contributed by atoms with E-state index in [0.29, 0.717) is 0 Å². The molecule has 0 aliphatic heterocycles. The van der Waals surface area contributed by atoms with E-state index in [9.17, 15) is 19.2 Å². The van der Waals surface area contributed by atoms with Gasteiger partial charge in [-0.3, -0.25) is 19.2 Å². The highest BCUT2D eigenvalue weighted by atomic mass is 32.2. The molecule has 23 heavy (non-hydrogen) atoms. The quantitative estimate of drug-likeness (QED) is 0.318. The van der Waals surface area contributed by atoms with Crippen LogP contribution in [0.3, 0.4) is 0 Å². The lowest BCUT2D eigenvalue weighted by atomic mass is 10.1. The predicted molar refractivity (Wildman–Crippen MR) is 85.0 cm³/mol. The van der Waals surface area contributed by atoms with Crippen molar-refractivity contribution in [1.29, 1.82) is 0 Å². The number of nitrogens with two attached hydrogens (primary N) is 1. The maximum Gasteiger partial charge on any atom is 0.322 e. The van der Waals surface area contributed by atoms with Gasteiger partial charge in [0.1, 0.15) is 18.6 Å². The lowest BCUT2D eigenvalue weighted by Gasteiger charge is -2.19. The Bertz CT molecular complexity index is 443. The fourth-order valence-electron chi connectivity index (χ4n) is 1.43. The van der Waals surface area contributed by atoms with Crippen molar-refractivity contribution in [3.05, 3.63) is 0 Å². The molecule has 0 aromatic rings.